The highest BCUT2D eigenvalue weighted by atomic mass is 16.5. The minimum absolute atomic E-state index is 0.0486. The van der Waals surface area contributed by atoms with Crippen LogP contribution in [0.1, 0.15) is 37.0 Å². The number of ether oxygens (including phenoxy) is 1. The molecule has 23 heavy (non-hydrogen) atoms. The van der Waals surface area contributed by atoms with Crippen molar-refractivity contribution in [1.82, 2.24) is 0 Å². The van der Waals surface area contributed by atoms with Crippen LogP contribution in [-0.2, 0) is 11.2 Å². The van der Waals surface area contributed by atoms with E-state index in [0.29, 0.717) is 6.42 Å². The van der Waals surface area contributed by atoms with E-state index in [4.69, 9.17) is 4.74 Å². The summed E-state index contributed by atoms with van der Waals surface area (Å²) < 4.78 is 6.28. The molecule has 2 aromatic rings. The molecule has 0 bridgehead atoms. The fourth-order valence-electron chi connectivity index (χ4n) is 3.28. The molecule has 1 fully saturated rings. The third kappa shape index (κ3) is 3.92. The van der Waals surface area contributed by atoms with Crippen LogP contribution in [-0.4, -0.2) is 22.4 Å². The molecule has 0 radical (unpaired) electrons. The van der Waals surface area contributed by atoms with Crippen LogP contribution < -0.4 is 0 Å². The number of hydrogen-bond acceptors (Lipinski definition) is 3. The van der Waals surface area contributed by atoms with Crippen LogP contribution in [0, 0.1) is 5.92 Å². The predicted octanol–water partition coefficient (Wildman–Crippen LogP) is 3.85. The van der Waals surface area contributed by atoms with Gasteiger partial charge in [0.2, 0.25) is 0 Å². The normalized spacial score (nSPS) is 27.7. The van der Waals surface area contributed by atoms with Gasteiger partial charge >= 0.3 is 0 Å². The Morgan fingerprint density at radius 1 is 1.04 bits per heavy atom. The van der Waals surface area contributed by atoms with Crippen molar-refractivity contribution in [2.45, 2.75) is 44.5 Å². The molecular formula is C20H24O3. The Kier molecular flexibility index (Phi) is 4.99. The first-order valence-electron chi connectivity index (χ1n) is 8.30. The fraction of sp³-hybridized carbons (Fsp3) is 0.400. The lowest BCUT2D eigenvalue weighted by molar-refractivity contribution is -0.135. The van der Waals surface area contributed by atoms with Gasteiger partial charge in [-0.15, -0.1) is 0 Å². The summed E-state index contributed by atoms with van der Waals surface area (Å²) in [5.74, 6) is 0.297. The van der Waals surface area contributed by atoms with Gasteiger partial charge in [0.15, 0.2) is 0 Å². The van der Waals surface area contributed by atoms with E-state index in [0.717, 1.165) is 18.4 Å². The summed E-state index contributed by atoms with van der Waals surface area (Å²) >= 11 is 0. The lowest BCUT2D eigenvalue weighted by Crippen LogP contribution is -2.38. The van der Waals surface area contributed by atoms with Crippen molar-refractivity contribution in [2.75, 3.05) is 0 Å². The third-order valence-electron chi connectivity index (χ3n) is 4.75. The Morgan fingerprint density at radius 3 is 2.43 bits per heavy atom. The number of aliphatic hydroxyl groups is 1. The van der Waals surface area contributed by atoms with E-state index >= 15 is 0 Å². The van der Waals surface area contributed by atoms with Crippen molar-refractivity contribution in [2.24, 2.45) is 5.92 Å². The van der Waals surface area contributed by atoms with E-state index in [2.05, 4.69) is 12.1 Å². The summed E-state index contributed by atoms with van der Waals surface area (Å²) in [5, 5.41) is 19.8. The van der Waals surface area contributed by atoms with E-state index in [1.54, 1.807) is 12.1 Å². The molecule has 0 aliphatic carbocycles. The molecule has 1 heterocycles. The highest BCUT2D eigenvalue weighted by molar-refractivity contribution is 5.28. The van der Waals surface area contributed by atoms with E-state index in [-0.39, 0.29) is 30.0 Å². The first-order chi connectivity index (χ1) is 11.1. The summed E-state index contributed by atoms with van der Waals surface area (Å²) in [4.78, 5) is 0. The number of hydrogen-bond donors (Lipinski definition) is 2. The zero-order valence-corrected chi connectivity index (χ0v) is 13.4. The summed E-state index contributed by atoms with van der Waals surface area (Å²) in [6.07, 6.45) is 2.11. The minimum Gasteiger partial charge on any atom is -0.508 e. The van der Waals surface area contributed by atoms with Crippen LogP contribution in [0.2, 0.25) is 0 Å². The molecule has 3 nitrogen and oxygen atoms in total. The minimum atomic E-state index is -0.358. The Balaban J connectivity index is 1.67. The molecule has 3 rings (SSSR count). The summed E-state index contributed by atoms with van der Waals surface area (Å²) in [7, 11) is 0. The number of aliphatic hydroxyl groups excluding tert-OH is 1. The van der Waals surface area contributed by atoms with Gasteiger partial charge in [0.1, 0.15) is 5.75 Å². The quantitative estimate of drug-likeness (QED) is 0.901. The molecule has 4 atom stereocenters. The predicted molar refractivity (Wildman–Crippen MR) is 90.3 cm³/mol. The smallest absolute Gasteiger partial charge is 0.115 e. The van der Waals surface area contributed by atoms with E-state index in [1.165, 1.54) is 5.56 Å². The van der Waals surface area contributed by atoms with E-state index in [9.17, 15) is 10.2 Å². The SMILES string of the molecule is C[C@@H]1[C@@H](O)C[C@@H](CCc2ccccc2)O[C@H]1c1ccc(O)cc1. The van der Waals surface area contributed by atoms with Crippen LogP contribution in [0.3, 0.4) is 0 Å². The lowest BCUT2D eigenvalue weighted by Gasteiger charge is -2.38. The first kappa shape index (κ1) is 16.0. The van der Waals surface area contributed by atoms with Crippen LogP contribution in [0.5, 0.6) is 5.75 Å². The second-order valence-electron chi connectivity index (χ2n) is 6.46. The topological polar surface area (TPSA) is 49.7 Å². The number of phenols is 1. The van der Waals surface area contributed by atoms with Crippen LogP contribution in [0.4, 0.5) is 0 Å². The average molecular weight is 312 g/mol. The highest BCUT2D eigenvalue weighted by Gasteiger charge is 2.35. The number of phenolic OH excluding ortho intramolecular Hbond substituents is 1. The lowest BCUT2D eigenvalue weighted by atomic mass is 9.85. The average Bonchev–Trinajstić information content (AvgIpc) is 2.57. The molecule has 1 aliphatic rings. The highest BCUT2D eigenvalue weighted by Crippen LogP contribution is 2.38. The molecule has 2 aromatic carbocycles. The van der Waals surface area contributed by atoms with Crippen molar-refractivity contribution < 1.29 is 14.9 Å². The zero-order chi connectivity index (χ0) is 16.2. The molecule has 1 aliphatic heterocycles. The van der Waals surface area contributed by atoms with Gasteiger partial charge in [-0.2, -0.15) is 0 Å². The van der Waals surface area contributed by atoms with E-state index in [1.807, 2.05) is 37.3 Å². The Labute approximate surface area is 137 Å². The van der Waals surface area contributed by atoms with Crippen LogP contribution >= 0.6 is 0 Å². The third-order valence-corrected chi connectivity index (χ3v) is 4.75. The van der Waals surface area contributed by atoms with Gasteiger partial charge in [-0.1, -0.05) is 49.4 Å². The second-order valence-corrected chi connectivity index (χ2v) is 6.46. The number of aryl methyl sites for hydroxylation is 1. The molecule has 0 saturated carbocycles. The van der Waals surface area contributed by atoms with Gasteiger partial charge in [0.05, 0.1) is 18.3 Å². The molecule has 0 aromatic heterocycles. The molecule has 0 amide bonds. The number of rotatable bonds is 4. The van der Waals surface area contributed by atoms with Crippen molar-refractivity contribution in [3.63, 3.8) is 0 Å². The summed E-state index contributed by atoms with van der Waals surface area (Å²) in [6, 6.07) is 17.5. The van der Waals surface area contributed by atoms with Crippen molar-refractivity contribution in [3.05, 3.63) is 65.7 Å². The zero-order valence-electron chi connectivity index (χ0n) is 13.4. The van der Waals surface area contributed by atoms with Gasteiger partial charge in [-0.25, -0.2) is 0 Å². The summed E-state index contributed by atoms with van der Waals surface area (Å²) in [5.41, 5.74) is 2.31. The second kappa shape index (κ2) is 7.16. The fourth-order valence-corrected chi connectivity index (χ4v) is 3.28. The monoisotopic (exact) mass is 312 g/mol. The maximum Gasteiger partial charge on any atom is 0.115 e. The van der Waals surface area contributed by atoms with Gasteiger partial charge in [0, 0.05) is 5.92 Å². The van der Waals surface area contributed by atoms with Crippen LogP contribution in [0.25, 0.3) is 0 Å². The Bertz CT molecular complexity index is 609. The van der Waals surface area contributed by atoms with E-state index < -0.39 is 0 Å². The summed E-state index contributed by atoms with van der Waals surface area (Å²) in [6.45, 7) is 2.02. The maximum atomic E-state index is 10.4. The van der Waals surface area contributed by atoms with Crippen molar-refractivity contribution in [1.29, 1.82) is 0 Å². The van der Waals surface area contributed by atoms with Crippen molar-refractivity contribution in [3.8, 4) is 5.75 Å². The first-order valence-corrected chi connectivity index (χ1v) is 8.30. The molecular weight excluding hydrogens is 288 g/mol. The number of benzene rings is 2. The molecule has 1 saturated heterocycles. The van der Waals surface area contributed by atoms with Crippen molar-refractivity contribution >= 4 is 0 Å². The largest absolute Gasteiger partial charge is 0.508 e. The van der Waals surface area contributed by atoms with Gasteiger partial charge in [0.25, 0.3) is 0 Å². The molecule has 0 spiro atoms. The molecule has 2 N–H and O–H groups in total. The number of aromatic hydroxyl groups is 1. The Morgan fingerprint density at radius 2 is 1.74 bits per heavy atom. The van der Waals surface area contributed by atoms with Gasteiger partial charge < -0.3 is 14.9 Å². The van der Waals surface area contributed by atoms with Gasteiger partial charge in [-0.05, 0) is 42.5 Å². The maximum absolute atomic E-state index is 10.4. The Hall–Kier alpha value is -1.84. The standard InChI is InChI=1S/C20H24O3/c1-14-19(22)13-18(12-7-15-5-3-2-4-6-15)23-20(14)16-8-10-17(21)11-9-16/h2-6,8-11,14,18-22H,7,12-13H2,1H3/t14-,18-,19+,20-/m1/s1. The molecule has 3 heteroatoms. The van der Waals surface area contributed by atoms with Gasteiger partial charge in [-0.3, -0.25) is 0 Å². The van der Waals surface area contributed by atoms with Crippen LogP contribution in [0.15, 0.2) is 54.6 Å². The molecule has 0 unspecified atom stereocenters. The molecule has 122 valence electrons.